The molecule has 0 aliphatic carbocycles. The second-order valence-corrected chi connectivity index (χ2v) is 5.72. The third-order valence-electron chi connectivity index (χ3n) is 3.68. The topological polar surface area (TPSA) is 63.2 Å². The number of nitrogens with zero attached hydrogens (tertiary/aromatic N) is 1. The Balaban J connectivity index is 1.75. The number of carbonyl (C=O) groups excluding carboxylic acids is 1. The standard InChI is InChI=1S/C21H21N3O2/c1-2-13-22-16-12-14-23-19(15-16)21(25)24-18-10-6-7-11-20(18)26-17-8-4-3-5-9-17/h3-12,14-15H,2,13H2,1H3,(H,22,23)(H,24,25). The van der Waals surface area contributed by atoms with Crippen LogP contribution in [0.4, 0.5) is 11.4 Å². The molecule has 0 bridgehead atoms. The fraction of sp³-hybridized carbons (Fsp3) is 0.143. The van der Waals surface area contributed by atoms with Gasteiger partial charge in [-0.2, -0.15) is 0 Å². The van der Waals surface area contributed by atoms with Crippen LogP contribution in [0.1, 0.15) is 23.8 Å². The summed E-state index contributed by atoms with van der Waals surface area (Å²) in [4.78, 5) is 16.8. The van der Waals surface area contributed by atoms with Crippen molar-refractivity contribution in [2.24, 2.45) is 0 Å². The van der Waals surface area contributed by atoms with Crippen molar-refractivity contribution in [2.75, 3.05) is 17.2 Å². The molecule has 1 aromatic heterocycles. The molecule has 0 fully saturated rings. The van der Waals surface area contributed by atoms with Gasteiger partial charge >= 0.3 is 0 Å². The van der Waals surface area contributed by atoms with Gasteiger partial charge in [-0.05, 0) is 42.8 Å². The summed E-state index contributed by atoms with van der Waals surface area (Å²) in [5.41, 5.74) is 1.82. The van der Waals surface area contributed by atoms with E-state index in [4.69, 9.17) is 4.74 Å². The molecule has 3 aromatic rings. The Morgan fingerprint density at radius 3 is 2.62 bits per heavy atom. The molecule has 2 aromatic carbocycles. The predicted molar refractivity (Wildman–Crippen MR) is 104 cm³/mol. The molecule has 0 spiro atoms. The molecule has 0 radical (unpaired) electrons. The van der Waals surface area contributed by atoms with Gasteiger partial charge in [0.05, 0.1) is 5.69 Å². The van der Waals surface area contributed by atoms with E-state index in [9.17, 15) is 4.79 Å². The lowest BCUT2D eigenvalue weighted by atomic mass is 10.2. The third kappa shape index (κ3) is 4.60. The van der Waals surface area contributed by atoms with Gasteiger partial charge in [0.25, 0.3) is 5.91 Å². The molecule has 5 heteroatoms. The monoisotopic (exact) mass is 347 g/mol. The second-order valence-electron chi connectivity index (χ2n) is 5.72. The molecule has 5 nitrogen and oxygen atoms in total. The quantitative estimate of drug-likeness (QED) is 0.635. The zero-order valence-electron chi connectivity index (χ0n) is 14.6. The van der Waals surface area contributed by atoms with Crippen molar-refractivity contribution in [2.45, 2.75) is 13.3 Å². The van der Waals surface area contributed by atoms with Crippen molar-refractivity contribution in [1.29, 1.82) is 0 Å². The first kappa shape index (κ1) is 17.5. The van der Waals surface area contributed by atoms with Gasteiger partial charge in [0.15, 0.2) is 5.75 Å². The normalized spacial score (nSPS) is 10.2. The van der Waals surface area contributed by atoms with E-state index in [1.165, 1.54) is 0 Å². The van der Waals surface area contributed by atoms with Gasteiger partial charge in [-0.3, -0.25) is 9.78 Å². The van der Waals surface area contributed by atoms with E-state index in [1.807, 2.05) is 54.6 Å². The van der Waals surface area contributed by atoms with E-state index in [-0.39, 0.29) is 5.91 Å². The highest BCUT2D eigenvalue weighted by atomic mass is 16.5. The first-order valence-electron chi connectivity index (χ1n) is 8.59. The molecule has 1 amide bonds. The van der Waals surface area contributed by atoms with Crippen LogP contribution >= 0.6 is 0 Å². The van der Waals surface area contributed by atoms with Gasteiger partial charge in [-0.25, -0.2) is 0 Å². The first-order valence-corrected chi connectivity index (χ1v) is 8.59. The largest absolute Gasteiger partial charge is 0.455 e. The minimum Gasteiger partial charge on any atom is -0.455 e. The molecule has 132 valence electrons. The van der Waals surface area contributed by atoms with Crippen molar-refractivity contribution in [3.05, 3.63) is 78.6 Å². The van der Waals surface area contributed by atoms with E-state index in [1.54, 1.807) is 18.3 Å². The Hall–Kier alpha value is -3.34. The van der Waals surface area contributed by atoms with Crippen LogP contribution in [0.5, 0.6) is 11.5 Å². The molecular weight excluding hydrogens is 326 g/mol. The highest BCUT2D eigenvalue weighted by Crippen LogP contribution is 2.29. The average molecular weight is 347 g/mol. The van der Waals surface area contributed by atoms with E-state index in [0.717, 1.165) is 18.7 Å². The van der Waals surface area contributed by atoms with Crippen molar-refractivity contribution >= 4 is 17.3 Å². The molecule has 2 N–H and O–H groups in total. The Morgan fingerprint density at radius 2 is 1.81 bits per heavy atom. The van der Waals surface area contributed by atoms with Gasteiger partial charge in [0.1, 0.15) is 11.4 Å². The fourth-order valence-electron chi connectivity index (χ4n) is 2.39. The Labute approximate surface area is 153 Å². The molecule has 1 heterocycles. The third-order valence-corrected chi connectivity index (χ3v) is 3.68. The summed E-state index contributed by atoms with van der Waals surface area (Å²) >= 11 is 0. The summed E-state index contributed by atoms with van der Waals surface area (Å²) in [6, 6.07) is 20.4. The molecular formula is C21H21N3O2. The summed E-state index contributed by atoms with van der Waals surface area (Å²) in [6.45, 7) is 2.93. The first-order chi connectivity index (χ1) is 12.8. The lowest BCUT2D eigenvalue weighted by Gasteiger charge is -2.12. The maximum Gasteiger partial charge on any atom is 0.274 e. The van der Waals surface area contributed by atoms with Crippen LogP contribution in [0.25, 0.3) is 0 Å². The van der Waals surface area contributed by atoms with Crippen molar-refractivity contribution in [1.82, 2.24) is 4.98 Å². The maximum atomic E-state index is 12.6. The van der Waals surface area contributed by atoms with Crippen molar-refractivity contribution in [3.8, 4) is 11.5 Å². The number of hydrogen-bond acceptors (Lipinski definition) is 4. The number of benzene rings is 2. The summed E-state index contributed by atoms with van der Waals surface area (Å²) in [6.07, 6.45) is 2.63. The lowest BCUT2D eigenvalue weighted by molar-refractivity contribution is 0.102. The van der Waals surface area contributed by atoms with E-state index in [2.05, 4.69) is 22.5 Å². The molecule has 0 atom stereocenters. The number of rotatable bonds is 7. The highest BCUT2D eigenvalue weighted by molar-refractivity contribution is 6.04. The van der Waals surface area contributed by atoms with Crippen LogP contribution in [-0.4, -0.2) is 17.4 Å². The zero-order chi connectivity index (χ0) is 18.2. The zero-order valence-corrected chi connectivity index (χ0v) is 14.6. The van der Waals surface area contributed by atoms with Crippen LogP contribution in [-0.2, 0) is 0 Å². The molecule has 0 saturated heterocycles. The Kier molecular flexibility index (Phi) is 5.83. The van der Waals surface area contributed by atoms with E-state index >= 15 is 0 Å². The van der Waals surface area contributed by atoms with E-state index in [0.29, 0.717) is 22.9 Å². The van der Waals surface area contributed by atoms with Crippen molar-refractivity contribution < 1.29 is 9.53 Å². The van der Waals surface area contributed by atoms with Gasteiger partial charge in [0, 0.05) is 18.4 Å². The number of ether oxygens (including phenoxy) is 1. The number of para-hydroxylation sites is 3. The maximum absolute atomic E-state index is 12.6. The average Bonchev–Trinajstić information content (AvgIpc) is 2.69. The minimum atomic E-state index is -0.283. The molecule has 3 rings (SSSR count). The van der Waals surface area contributed by atoms with Gasteiger partial charge in [-0.1, -0.05) is 37.3 Å². The van der Waals surface area contributed by atoms with Gasteiger partial charge in [0.2, 0.25) is 0 Å². The molecule has 26 heavy (non-hydrogen) atoms. The van der Waals surface area contributed by atoms with Crippen LogP contribution in [0, 0.1) is 0 Å². The second kappa shape index (κ2) is 8.67. The van der Waals surface area contributed by atoms with Crippen LogP contribution < -0.4 is 15.4 Å². The summed E-state index contributed by atoms with van der Waals surface area (Å²) < 4.78 is 5.88. The van der Waals surface area contributed by atoms with Crippen molar-refractivity contribution in [3.63, 3.8) is 0 Å². The number of anilines is 2. The number of amides is 1. The number of nitrogens with one attached hydrogen (secondary N) is 2. The van der Waals surface area contributed by atoms with Crippen LogP contribution in [0.2, 0.25) is 0 Å². The Morgan fingerprint density at radius 1 is 1.04 bits per heavy atom. The Bertz CT molecular complexity index is 866. The molecule has 0 unspecified atom stereocenters. The number of carbonyl (C=O) groups is 1. The summed E-state index contributed by atoms with van der Waals surface area (Å²) in [7, 11) is 0. The molecule has 0 aliphatic rings. The summed E-state index contributed by atoms with van der Waals surface area (Å²) in [5, 5.41) is 6.13. The number of pyridine rings is 1. The lowest BCUT2D eigenvalue weighted by Crippen LogP contribution is -2.14. The fourth-order valence-corrected chi connectivity index (χ4v) is 2.39. The van der Waals surface area contributed by atoms with E-state index < -0.39 is 0 Å². The number of aromatic nitrogens is 1. The number of hydrogen-bond donors (Lipinski definition) is 2. The van der Waals surface area contributed by atoms with Crippen LogP contribution in [0.3, 0.4) is 0 Å². The predicted octanol–water partition coefficient (Wildman–Crippen LogP) is 4.95. The van der Waals surface area contributed by atoms with Crippen LogP contribution in [0.15, 0.2) is 72.9 Å². The molecule has 0 saturated carbocycles. The smallest absolute Gasteiger partial charge is 0.274 e. The summed E-state index contributed by atoms with van der Waals surface area (Å²) in [5.74, 6) is 1.000. The molecule has 0 aliphatic heterocycles. The SMILES string of the molecule is CCCNc1ccnc(C(=O)Nc2ccccc2Oc2ccccc2)c1. The highest BCUT2D eigenvalue weighted by Gasteiger charge is 2.12. The minimum absolute atomic E-state index is 0.283. The van der Waals surface area contributed by atoms with Gasteiger partial charge < -0.3 is 15.4 Å². The van der Waals surface area contributed by atoms with Gasteiger partial charge in [-0.15, -0.1) is 0 Å².